The zero-order chi connectivity index (χ0) is 22.4. The SMILES string of the molecule is CCOc1cc(C=NNC(N)=S)ccc1Oc1cnn(-c2ccc(C)cc2)c(=O)c1Cl. The lowest BCUT2D eigenvalue weighted by Gasteiger charge is -2.13. The summed E-state index contributed by atoms with van der Waals surface area (Å²) in [7, 11) is 0. The third kappa shape index (κ3) is 5.59. The van der Waals surface area contributed by atoms with E-state index in [-0.39, 0.29) is 15.9 Å². The summed E-state index contributed by atoms with van der Waals surface area (Å²) in [5.41, 5.74) is 9.72. The quantitative estimate of drug-likeness (QED) is 0.317. The van der Waals surface area contributed by atoms with Gasteiger partial charge in [-0.25, -0.2) is 0 Å². The van der Waals surface area contributed by atoms with E-state index >= 15 is 0 Å². The van der Waals surface area contributed by atoms with Gasteiger partial charge in [-0.2, -0.15) is 14.9 Å². The number of nitrogens with zero attached hydrogens (tertiary/aromatic N) is 3. The van der Waals surface area contributed by atoms with Crippen LogP contribution in [0.1, 0.15) is 18.1 Å². The van der Waals surface area contributed by atoms with Gasteiger partial charge < -0.3 is 15.2 Å². The number of aromatic nitrogens is 2. The molecule has 10 heteroatoms. The monoisotopic (exact) mass is 457 g/mol. The van der Waals surface area contributed by atoms with Gasteiger partial charge in [0.05, 0.1) is 24.7 Å². The average Bonchev–Trinajstić information content (AvgIpc) is 2.74. The lowest BCUT2D eigenvalue weighted by molar-refractivity contribution is 0.321. The summed E-state index contributed by atoms with van der Waals surface area (Å²) in [6.45, 7) is 4.21. The van der Waals surface area contributed by atoms with Crippen molar-refractivity contribution < 1.29 is 9.47 Å². The van der Waals surface area contributed by atoms with Gasteiger partial charge in [0.2, 0.25) is 0 Å². The normalized spacial score (nSPS) is 10.8. The number of thiocarbonyl (C=S) groups is 1. The van der Waals surface area contributed by atoms with Crippen LogP contribution in [0.15, 0.2) is 58.6 Å². The Morgan fingerprint density at radius 1 is 1.26 bits per heavy atom. The van der Waals surface area contributed by atoms with Crippen molar-refractivity contribution in [1.29, 1.82) is 0 Å². The fraction of sp³-hybridized carbons (Fsp3) is 0.143. The smallest absolute Gasteiger partial charge is 0.294 e. The van der Waals surface area contributed by atoms with Crippen LogP contribution in [-0.4, -0.2) is 27.7 Å². The molecular weight excluding hydrogens is 438 g/mol. The Labute approximate surface area is 189 Å². The molecule has 0 aliphatic rings. The summed E-state index contributed by atoms with van der Waals surface area (Å²) in [6.07, 6.45) is 2.92. The zero-order valence-corrected chi connectivity index (χ0v) is 18.4. The minimum absolute atomic E-state index is 0.0590. The number of hydrogen-bond donors (Lipinski definition) is 2. The van der Waals surface area contributed by atoms with Gasteiger partial charge in [-0.1, -0.05) is 29.3 Å². The predicted molar refractivity (Wildman–Crippen MR) is 125 cm³/mol. The molecule has 3 rings (SSSR count). The van der Waals surface area contributed by atoms with E-state index in [2.05, 4.69) is 15.6 Å². The molecule has 0 saturated heterocycles. The van der Waals surface area contributed by atoms with E-state index in [4.69, 9.17) is 39.0 Å². The van der Waals surface area contributed by atoms with Crippen molar-refractivity contribution in [2.75, 3.05) is 6.61 Å². The molecule has 160 valence electrons. The van der Waals surface area contributed by atoms with Crippen LogP contribution in [0.4, 0.5) is 0 Å². The topological polar surface area (TPSA) is 104 Å². The third-order valence-corrected chi connectivity index (χ3v) is 4.48. The molecule has 0 spiro atoms. The van der Waals surface area contributed by atoms with Crippen molar-refractivity contribution in [3.05, 3.63) is 75.2 Å². The zero-order valence-electron chi connectivity index (χ0n) is 16.8. The molecule has 0 unspecified atom stereocenters. The summed E-state index contributed by atoms with van der Waals surface area (Å²) >= 11 is 11.0. The number of halogens is 1. The van der Waals surface area contributed by atoms with Crippen molar-refractivity contribution in [2.24, 2.45) is 10.8 Å². The molecule has 0 amide bonds. The van der Waals surface area contributed by atoms with E-state index in [1.807, 2.05) is 26.0 Å². The van der Waals surface area contributed by atoms with Gasteiger partial charge in [0, 0.05) is 0 Å². The van der Waals surface area contributed by atoms with E-state index in [1.165, 1.54) is 17.1 Å². The fourth-order valence-electron chi connectivity index (χ4n) is 2.61. The molecule has 0 aliphatic heterocycles. The van der Waals surface area contributed by atoms with E-state index in [0.29, 0.717) is 23.8 Å². The fourth-order valence-corrected chi connectivity index (χ4v) is 2.83. The summed E-state index contributed by atoms with van der Waals surface area (Å²) in [5.74, 6) is 0.936. The molecule has 8 nitrogen and oxygen atoms in total. The summed E-state index contributed by atoms with van der Waals surface area (Å²) in [6, 6.07) is 12.5. The first-order valence-electron chi connectivity index (χ1n) is 9.27. The second-order valence-electron chi connectivity index (χ2n) is 6.35. The first-order valence-corrected chi connectivity index (χ1v) is 10.1. The van der Waals surface area contributed by atoms with Crippen LogP contribution >= 0.6 is 23.8 Å². The minimum atomic E-state index is -0.492. The molecule has 0 saturated carbocycles. The maximum Gasteiger partial charge on any atom is 0.294 e. The number of benzene rings is 2. The maximum atomic E-state index is 12.7. The molecule has 31 heavy (non-hydrogen) atoms. The number of nitrogens with two attached hydrogens (primary N) is 1. The van der Waals surface area contributed by atoms with Crippen LogP contribution in [0, 0.1) is 6.92 Å². The highest BCUT2D eigenvalue weighted by Crippen LogP contribution is 2.34. The Hall–Kier alpha value is -3.43. The van der Waals surface area contributed by atoms with Crippen LogP contribution in [-0.2, 0) is 0 Å². The highest BCUT2D eigenvalue weighted by atomic mass is 35.5. The van der Waals surface area contributed by atoms with Gasteiger partial charge in [-0.15, -0.1) is 0 Å². The number of rotatable bonds is 7. The number of ether oxygens (including phenoxy) is 2. The molecule has 0 radical (unpaired) electrons. The largest absolute Gasteiger partial charge is 0.490 e. The average molecular weight is 458 g/mol. The molecule has 1 aromatic heterocycles. The highest BCUT2D eigenvalue weighted by Gasteiger charge is 2.15. The number of hydrazone groups is 1. The van der Waals surface area contributed by atoms with Gasteiger partial charge in [0.1, 0.15) is 0 Å². The highest BCUT2D eigenvalue weighted by molar-refractivity contribution is 7.80. The van der Waals surface area contributed by atoms with Crippen molar-refractivity contribution >= 4 is 35.1 Å². The molecule has 3 aromatic rings. The van der Waals surface area contributed by atoms with E-state index in [1.54, 1.807) is 30.3 Å². The number of aryl methyl sites for hydroxylation is 1. The van der Waals surface area contributed by atoms with Gasteiger partial charge >= 0.3 is 0 Å². The van der Waals surface area contributed by atoms with Crippen molar-refractivity contribution in [3.63, 3.8) is 0 Å². The summed E-state index contributed by atoms with van der Waals surface area (Å²) in [5, 5.41) is 8.06. The van der Waals surface area contributed by atoms with Crippen molar-refractivity contribution in [2.45, 2.75) is 13.8 Å². The predicted octanol–water partition coefficient (Wildman–Crippen LogP) is 3.55. The molecular formula is C21H20ClN5O3S. The van der Waals surface area contributed by atoms with Crippen LogP contribution < -0.4 is 26.2 Å². The van der Waals surface area contributed by atoms with Crippen LogP contribution in [0.25, 0.3) is 5.69 Å². The number of hydrogen-bond acceptors (Lipinski definition) is 6. The Kier molecular flexibility index (Phi) is 7.22. The Balaban J connectivity index is 1.90. The van der Waals surface area contributed by atoms with Crippen molar-refractivity contribution in [1.82, 2.24) is 15.2 Å². The molecule has 0 aliphatic carbocycles. The molecule has 0 fully saturated rings. The third-order valence-electron chi connectivity index (χ3n) is 4.04. The lowest BCUT2D eigenvalue weighted by Crippen LogP contribution is -2.23. The van der Waals surface area contributed by atoms with Crippen LogP contribution in [0.2, 0.25) is 5.02 Å². The van der Waals surface area contributed by atoms with Gasteiger partial charge in [-0.3, -0.25) is 10.2 Å². The Morgan fingerprint density at radius 3 is 2.68 bits per heavy atom. The van der Waals surface area contributed by atoms with Gasteiger partial charge in [0.25, 0.3) is 5.56 Å². The standard InChI is InChI=1S/C21H20ClN5O3S/c1-3-29-17-10-14(11-24-26-21(23)31)6-9-16(17)30-18-12-25-27(20(28)19(18)22)15-7-4-13(2)5-8-15/h4-12H,3H2,1-2H3,(H3,23,26,31). The lowest BCUT2D eigenvalue weighted by atomic mass is 10.2. The second kappa shape index (κ2) is 10.1. The van der Waals surface area contributed by atoms with Gasteiger partial charge in [-0.05, 0) is 62.0 Å². The van der Waals surface area contributed by atoms with E-state index in [0.717, 1.165) is 11.1 Å². The molecule has 0 atom stereocenters. The first-order chi connectivity index (χ1) is 14.9. The number of nitrogens with one attached hydrogen (secondary N) is 1. The second-order valence-corrected chi connectivity index (χ2v) is 7.17. The Morgan fingerprint density at radius 2 is 2.00 bits per heavy atom. The molecule has 2 aromatic carbocycles. The Bertz CT molecular complexity index is 1180. The molecule has 0 bridgehead atoms. The summed E-state index contributed by atoms with van der Waals surface area (Å²) in [4.78, 5) is 12.7. The van der Waals surface area contributed by atoms with E-state index < -0.39 is 5.56 Å². The molecule has 1 heterocycles. The minimum Gasteiger partial charge on any atom is -0.490 e. The summed E-state index contributed by atoms with van der Waals surface area (Å²) < 4.78 is 12.7. The van der Waals surface area contributed by atoms with Gasteiger partial charge in [0.15, 0.2) is 27.4 Å². The van der Waals surface area contributed by atoms with Crippen LogP contribution in [0.3, 0.4) is 0 Å². The maximum absolute atomic E-state index is 12.7. The van der Waals surface area contributed by atoms with Crippen molar-refractivity contribution in [3.8, 4) is 22.9 Å². The van der Waals surface area contributed by atoms with E-state index in [9.17, 15) is 4.79 Å². The molecule has 3 N–H and O–H groups in total. The first kappa shape index (κ1) is 22.3. The van der Waals surface area contributed by atoms with Crippen LogP contribution in [0.5, 0.6) is 17.2 Å².